The molecule has 0 fully saturated rings. The smallest absolute Gasteiger partial charge is 0.302 e. The van der Waals surface area contributed by atoms with Crippen LogP contribution in [0.2, 0.25) is 0 Å². The van der Waals surface area contributed by atoms with Crippen LogP contribution in [0.3, 0.4) is 0 Å². The second-order valence-corrected chi connectivity index (χ2v) is 2.40. The van der Waals surface area contributed by atoms with Crippen molar-refractivity contribution in [2.24, 2.45) is 5.92 Å². The van der Waals surface area contributed by atoms with Crippen LogP contribution in [0.15, 0.2) is 24.4 Å². The summed E-state index contributed by atoms with van der Waals surface area (Å²) in [4.78, 5) is 14.3. The van der Waals surface area contributed by atoms with E-state index in [1.807, 2.05) is 12.1 Å². The number of nitriles is 1. The second kappa shape index (κ2) is 6.79. The quantitative estimate of drug-likeness (QED) is 0.401. The van der Waals surface area contributed by atoms with Gasteiger partial charge in [-0.25, -0.2) is 0 Å². The maximum Gasteiger partial charge on any atom is 1.00 e. The number of rotatable bonds is 3. The van der Waals surface area contributed by atoms with Gasteiger partial charge in [0.05, 0.1) is 6.07 Å². The number of hydrogen-bond donors (Lipinski definition) is 0. The summed E-state index contributed by atoms with van der Waals surface area (Å²) in [5.41, 5.74) is 0.774. The number of aldehydes is 1. The summed E-state index contributed by atoms with van der Waals surface area (Å²) in [6.07, 6.45) is 2.70. The van der Waals surface area contributed by atoms with E-state index in [4.69, 9.17) is 5.26 Å². The molecule has 0 aromatic carbocycles. The molecule has 0 aliphatic rings. The van der Waals surface area contributed by atoms with E-state index in [0.29, 0.717) is 12.7 Å². The molecule has 4 heteroatoms. The van der Waals surface area contributed by atoms with Gasteiger partial charge in [-0.2, -0.15) is 5.26 Å². The maximum absolute atomic E-state index is 10.3. The molecule has 1 atom stereocenters. The van der Waals surface area contributed by atoms with E-state index in [2.05, 4.69) is 4.98 Å². The van der Waals surface area contributed by atoms with Crippen LogP contribution >= 0.6 is 0 Å². The van der Waals surface area contributed by atoms with Gasteiger partial charge in [0.1, 0.15) is 12.2 Å². The monoisotopic (exact) mass is 183 g/mol. The van der Waals surface area contributed by atoms with Gasteiger partial charge < -0.3 is 4.79 Å². The summed E-state index contributed by atoms with van der Waals surface area (Å²) in [6.45, 7) is 0. The SMILES string of the molecule is N#CC(C=O)Cc1ccccn1.[Na+]. The van der Waals surface area contributed by atoms with Crippen LogP contribution in [0.5, 0.6) is 0 Å². The maximum atomic E-state index is 10.3. The fraction of sp³-hybridized carbons (Fsp3) is 0.222. The molecule has 0 saturated carbocycles. The molecule has 0 N–H and O–H groups in total. The Hall–Kier alpha value is -0.690. The molecule has 0 aliphatic heterocycles. The zero-order chi connectivity index (χ0) is 8.81. The van der Waals surface area contributed by atoms with Crippen molar-refractivity contribution in [2.75, 3.05) is 0 Å². The fourth-order valence-electron chi connectivity index (χ4n) is 0.868. The van der Waals surface area contributed by atoms with E-state index < -0.39 is 5.92 Å². The Kier molecular flexibility index (Phi) is 6.43. The molecule has 3 nitrogen and oxygen atoms in total. The number of aromatic nitrogens is 1. The fourth-order valence-corrected chi connectivity index (χ4v) is 0.868. The average Bonchev–Trinajstić information content (AvgIpc) is 2.16. The number of carbonyl (C=O) groups is 1. The van der Waals surface area contributed by atoms with Gasteiger partial charge in [-0.05, 0) is 12.1 Å². The molecular weight excluding hydrogens is 175 g/mol. The minimum absolute atomic E-state index is 0. The van der Waals surface area contributed by atoms with Crippen molar-refractivity contribution in [3.63, 3.8) is 0 Å². The van der Waals surface area contributed by atoms with Crippen molar-refractivity contribution < 1.29 is 34.4 Å². The molecule has 0 bridgehead atoms. The molecule has 1 rings (SSSR count). The van der Waals surface area contributed by atoms with E-state index in [1.54, 1.807) is 18.3 Å². The normalized spacial score (nSPS) is 10.7. The summed E-state index contributed by atoms with van der Waals surface area (Å²) in [7, 11) is 0. The minimum atomic E-state index is -0.570. The zero-order valence-electron chi connectivity index (χ0n) is 7.47. The van der Waals surface area contributed by atoms with Crippen molar-refractivity contribution in [2.45, 2.75) is 6.42 Å². The molecule has 1 unspecified atom stereocenters. The van der Waals surface area contributed by atoms with Gasteiger partial charge >= 0.3 is 29.6 Å². The number of nitrogens with zero attached hydrogens (tertiary/aromatic N) is 2. The summed E-state index contributed by atoms with van der Waals surface area (Å²) >= 11 is 0. The molecule has 13 heavy (non-hydrogen) atoms. The number of carbonyl (C=O) groups excluding carboxylic acids is 1. The van der Waals surface area contributed by atoms with Crippen LogP contribution in [-0.2, 0) is 11.2 Å². The van der Waals surface area contributed by atoms with Gasteiger partial charge in [0, 0.05) is 18.3 Å². The van der Waals surface area contributed by atoms with Crippen LogP contribution in [0.1, 0.15) is 5.69 Å². The predicted octanol–water partition coefficient (Wildman–Crippen LogP) is -2.03. The van der Waals surface area contributed by atoms with Crippen LogP contribution in [0, 0.1) is 17.2 Å². The first kappa shape index (κ1) is 12.3. The third-order valence-corrected chi connectivity index (χ3v) is 1.49. The van der Waals surface area contributed by atoms with Gasteiger partial charge in [-0.15, -0.1) is 0 Å². The number of pyridine rings is 1. The predicted molar refractivity (Wildman–Crippen MR) is 43.1 cm³/mol. The van der Waals surface area contributed by atoms with Crippen molar-refractivity contribution in [3.8, 4) is 6.07 Å². The first-order valence-corrected chi connectivity index (χ1v) is 3.61. The van der Waals surface area contributed by atoms with Crippen LogP contribution in [0.25, 0.3) is 0 Å². The molecule has 0 aliphatic carbocycles. The zero-order valence-corrected chi connectivity index (χ0v) is 9.47. The largest absolute Gasteiger partial charge is 1.00 e. The second-order valence-electron chi connectivity index (χ2n) is 2.40. The van der Waals surface area contributed by atoms with E-state index in [0.717, 1.165) is 5.69 Å². The van der Waals surface area contributed by atoms with Gasteiger partial charge in [0.25, 0.3) is 0 Å². The van der Waals surface area contributed by atoms with E-state index in [-0.39, 0.29) is 29.6 Å². The van der Waals surface area contributed by atoms with Crippen LogP contribution < -0.4 is 29.6 Å². The van der Waals surface area contributed by atoms with E-state index >= 15 is 0 Å². The standard InChI is InChI=1S/C9H8N2O.Na/c10-6-8(7-12)5-9-3-1-2-4-11-9;/h1-4,7-8H,5H2;/q;+1. The molecule has 60 valence electrons. The summed E-state index contributed by atoms with van der Waals surface area (Å²) in [5, 5.41) is 8.48. The molecule has 0 spiro atoms. The Balaban J connectivity index is 0.00000144. The Labute approximate surface area is 99.1 Å². The molecule has 1 aromatic rings. The summed E-state index contributed by atoms with van der Waals surface area (Å²) in [6, 6.07) is 7.32. The van der Waals surface area contributed by atoms with Gasteiger partial charge in [0.2, 0.25) is 0 Å². The third-order valence-electron chi connectivity index (χ3n) is 1.49. The Bertz CT molecular complexity index is 294. The Morgan fingerprint density at radius 2 is 2.38 bits per heavy atom. The molecule has 0 saturated heterocycles. The van der Waals surface area contributed by atoms with Crippen molar-refractivity contribution >= 4 is 6.29 Å². The van der Waals surface area contributed by atoms with E-state index in [9.17, 15) is 4.79 Å². The molecule has 0 amide bonds. The third kappa shape index (κ3) is 4.18. The summed E-state index contributed by atoms with van der Waals surface area (Å²) < 4.78 is 0. The van der Waals surface area contributed by atoms with E-state index in [1.165, 1.54) is 0 Å². The summed E-state index contributed by atoms with van der Waals surface area (Å²) in [5.74, 6) is -0.570. The Morgan fingerprint density at radius 1 is 1.62 bits per heavy atom. The van der Waals surface area contributed by atoms with Crippen molar-refractivity contribution in [1.82, 2.24) is 4.98 Å². The first-order chi connectivity index (χ1) is 5.86. The van der Waals surface area contributed by atoms with Crippen LogP contribution in [0.4, 0.5) is 0 Å². The molecule has 1 aromatic heterocycles. The molecule has 1 heterocycles. The van der Waals surface area contributed by atoms with Gasteiger partial charge in [-0.3, -0.25) is 4.98 Å². The molecule has 0 radical (unpaired) electrons. The van der Waals surface area contributed by atoms with Crippen LogP contribution in [-0.4, -0.2) is 11.3 Å². The van der Waals surface area contributed by atoms with Gasteiger partial charge in [-0.1, -0.05) is 6.07 Å². The first-order valence-electron chi connectivity index (χ1n) is 3.61. The molecular formula is C9H8N2NaO+. The Morgan fingerprint density at radius 3 is 2.85 bits per heavy atom. The number of hydrogen-bond acceptors (Lipinski definition) is 3. The van der Waals surface area contributed by atoms with Gasteiger partial charge in [0.15, 0.2) is 0 Å². The average molecular weight is 183 g/mol. The van der Waals surface area contributed by atoms with Crippen molar-refractivity contribution in [1.29, 1.82) is 5.26 Å². The topological polar surface area (TPSA) is 53.8 Å². The van der Waals surface area contributed by atoms with Crippen molar-refractivity contribution in [3.05, 3.63) is 30.1 Å². The minimum Gasteiger partial charge on any atom is -0.302 e.